The third-order valence-electron chi connectivity index (χ3n) is 6.45. The summed E-state index contributed by atoms with van der Waals surface area (Å²) in [6, 6.07) is 5.66. The van der Waals surface area contributed by atoms with Gasteiger partial charge < -0.3 is 20.7 Å². The van der Waals surface area contributed by atoms with Gasteiger partial charge in [-0.2, -0.15) is 5.10 Å². The van der Waals surface area contributed by atoms with E-state index in [4.69, 9.17) is 10.5 Å². The van der Waals surface area contributed by atoms with Crippen molar-refractivity contribution in [2.24, 2.45) is 11.7 Å². The first-order valence-corrected chi connectivity index (χ1v) is 11.4. The highest BCUT2D eigenvalue weighted by atomic mass is 19.1. The zero-order valence-electron chi connectivity index (χ0n) is 18.6. The molecule has 33 heavy (non-hydrogen) atoms. The first-order valence-electron chi connectivity index (χ1n) is 11.4. The average Bonchev–Trinajstić information content (AvgIpc) is 3.24. The molecule has 2 amide bonds. The minimum atomic E-state index is -0.616. The Morgan fingerprint density at radius 3 is 2.58 bits per heavy atom. The third kappa shape index (κ3) is 5.35. The molecule has 0 spiro atoms. The lowest BCUT2D eigenvalue weighted by atomic mass is 9.92. The molecule has 2 unspecified atom stereocenters. The van der Waals surface area contributed by atoms with Gasteiger partial charge in [-0.05, 0) is 56.4 Å². The van der Waals surface area contributed by atoms with Crippen molar-refractivity contribution < 1.29 is 18.7 Å². The number of carbonyl (C=O) groups excluding carboxylic acids is 2. The van der Waals surface area contributed by atoms with Gasteiger partial charge in [0.15, 0.2) is 5.82 Å². The van der Waals surface area contributed by atoms with Crippen LogP contribution in [0.5, 0.6) is 0 Å². The highest BCUT2D eigenvalue weighted by Crippen LogP contribution is 2.32. The van der Waals surface area contributed by atoms with Crippen LogP contribution >= 0.6 is 0 Å². The van der Waals surface area contributed by atoms with Gasteiger partial charge in [-0.25, -0.2) is 9.18 Å². The SMILES string of the molecule is C=CC1CN(C(=O)OC2CCCCC2)CCC1n1cc(C(N)=O)c(Nc2ccc(F)cc2)n1. The summed E-state index contributed by atoms with van der Waals surface area (Å²) in [7, 11) is 0. The van der Waals surface area contributed by atoms with Gasteiger partial charge in [-0.1, -0.05) is 12.5 Å². The largest absolute Gasteiger partial charge is 0.446 e. The summed E-state index contributed by atoms with van der Waals surface area (Å²) in [4.78, 5) is 26.4. The Hall–Kier alpha value is -3.36. The number of nitrogens with zero attached hydrogens (tertiary/aromatic N) is 3. The topological polar surface area (TPSA) is 102 Å². The maximum absolute atomic E-state index is 13.2. The number of nitrogens with one attached hydrogen (secondary N) is 1. The lowest BCUT2D eigenvalue weighted by molar-refractivity contribution is 0.0324. The first kappa shape index (κ1) is 22.8. The highest BCUT2D eigenvalue weighted by Gasteiger charge is 2.34. The van der Waals surface area contributed by atoms with Crippen molar-refractivity contribution in [2.75, 3.05) is 18.4 Å². The number of primary amides is 1. The van der Waals surface area contributed by atoms with Crippen molar-refractivity contribution in [1.29, 1.82) is 0 Å². The molecular formula is C24H30FN5O3. The molecule has 8 nitrogen and oxygen atoms in total. The molecule has 3 N–H and O–H groups in total. The zero-order valence-corrected chi connectivity index (χ0v) is 18.6. The number of piperidine rings is 1. The monoisotopic (exact) mass is 455 g/mol. The van der Waals surface area contributed by atoms with Gasteiger partial charge in [0.25, 0.3) is 5.91 Å². The Bertz CT molecular complexity index is 1000. The lowest BCUT2D eigenvalue weighted by Gasteiger charge is -2.37. The van der Waals surface area contributed by atoms with Crippen LogP contribution in [0.1, 0.15) is 54.9 Å². The molecule has 1 aliphatic carbocycles. The van der Waals surface area contributed by atoms with Crippen LogP contribution in [0.15, 0.2) is 43.1 Å². The number of amides is 2. The second-order valence-electron chi connectivity index (χ2n) is 8.71. The predicted molar refractivity (Wildman–Crippen MR) is 123 cm³/mol. The summed E-state index contributed by atoms with van der Waals surface area (Å²) in [5.41, 5.74) is 6.40. The Labute approximate surface area is 192 Å². The van der Waals surface area contributed by atoms with Crippen LogP contribution in [0, 0.1) is 11.7 Å². The molecule has 176 valence electrons. The first-order chi connectivity index (χ1) is 15.9. The fourth-order valence-electron chi connectivity index (χ4n) is 4.60. The molecule has 2 heterocycles. The number of halogens is 1. The number of anilines is 2. The number of rotatable bonds is 6. The van der Waals surface area contributed by atoms with E-state index in [1.54, 1.807) is 27.9 Å². The van der Waals surface area contributed by atoms with Crippen LogP contribution in [-0.4, -0.2) is 45.9 Å². The van der Waals surface area contributed by atoms with E-state index in [9.17, 15) is 14.0 Å². The standard InChI is InChI=1S/C24H30FN5O3/c1-2-16-14-29(24(32)33-19-6-4-3-5-7-19)13-12-21(16)30-15-20(22(26)31)23(28-30)27-18-10-8-17(25)9-11-18/h2,8-11,15-16,19,21H,1,3-7,12-14H2,(H2,26,31)(H,27,28). The number of ether oxygens (including phenoxy) is 1. The summed E-state index contributed by atoms with van der Waals surface area (Å²) in [5, 5.41) is 7.60. The molecule has 1 saturated heterocycles. The Kier molecular flexibility index (Phi) is 6.96. The van der Waals surface area contributed by atoms with Crippen LogP contribution in [0.2, 0.25) is 0 Å². The van der Waals surface area contributed by atoms with E-state index >= 15 is 0 Å². The molecule has 0 radical (unpaired) electrons. The molecule has 9 heteroatoms. The number of nitrogens with two attached hydrogens (primary N) is 1. The number of benzene rings is 1. The van der Waals surface area contributed by atoms with Crippen LogP contribution in [0.4, 0.5) is 20.7 Å². The fourth-order valence-corrected chi connectivity index (χ4v) is 4.60. The minimum absolute atomic E-state index is 0.00971. The summed E-state index contributed by atoms with van der Waals surface area (Å²) in [6.45, 7) is 4.93. The lowest BCUT2D eigenvalue weighted by Crippen LogP contribution is -2.45. The van der Waals surface area contributed by atoms with Crippen LogP contribution in [0.3, 0.4) is 0 Å². The third-order valence-corrected chi connectivity index (χ3v) is 6.45. The van der Waals surface area contributed by atoms with Crippen LogP contribution in [-0.2, 0) is 4.74 Å². The molecular weight excluding hydrogens is 425 g/mol. The number of likely N-dealkylation sites (tertiary alicyclic amines) is 1. The number of aromatic nitrogens is 2. The quantitative estimate of drug-likeness (QED) is 0.629. The van der Waals surface area contributed by atoms with Crippen molar-refractivity contribution in [3.63, 3.8) is 0 Å². The normalized spacial score (nSPS) is 21.4. The van der Waals surface area contributed by atoms with Gasteiger partial charge in [0.05, 0.1) is 6.04 Å². The van der Waals surface area contributed by atoms with Crippen LogP contribution < -0.4 is 11.1 Å². The van der Waals surface area contributed by atoms with Crippen molar-refractivity contribution in [1.82, 2.24) is 14.7 Å². The van der Waals surface area contributed by atoms with Crippen molar-refractivity contribution in [3.05, 3.63) is 54.5 Å². The minimum Gasteiger partial charge on any atom is -0.446 e. The Morgan fingerprint density at radius 1 is 1.18 bits per heavy atom. The summed E-state index contributed by atoms with van der Waals surface area (Å²) < 4.78 is 20.7. The van der Waals surface area contributed by atoms with Gasteiger partial charge in [-0.15, -0.1) is 6.58 Å². The van der Waals surface area contributed by atoms with E-state index in [2.05, 4.69) is 17.0 Å². The molecule has 2 atom stereocenters. The summed E-state index contributed by atoms with van der Waals surface area (Å²) >= 11 is 0. The van der Waals surface area contributed by atoms with Crippen molar-refractivity contribution in [3.8, 4) is 0 Å². The van der Waals surface area contributed by atoms with E-state index in [1.165, 1.54) is 18.6 Å². The Morgan fingerprint density at radius 2 is 1.91 bits per heavy atom. The number of carbonyl (C=O) groups is 2. The number of hydrogen-bond acceptors (Lipinski definition) is 5. The van der Waals surface area contributed by atoms with E-state index < -0.39 is 5.91 Å². The Balaban J connectivity index is 1.46. The molecule has 4 rings (SSSR count). The summed E-state index contributed by atoms with van der Waals surface area (Å²) in [6.07, 6.45) is 9.06. The average molecular weight is 456 g/mol. The molecule has 2 fully saturated rings. The fraction of sp³-hybridized carbons (Fsp3) is 0.458. The van der Waals surface area contributed by atoms with Gasteiger partial charge in [0.2, 0.25) is 0 Å². The van der Waals surface area contributed by atoms with E-state index in [1.807, 2.05) is 6.08 Å². The van der Waals surface area contributed by atoms with Crippen molar-refractivity contribution in [2.45, 2.75) is 50.7 Å². The maximum atomic E-state index is 13.2. The molecule has 1 aromatic heterocycles. The van der Waals surface area contributed by atoms with E-state index in [0.717, 1.165) is 25.7 Å². The van der Waals surface area contributed by atoms with Gasteiger partial charge in [0, 0.05) is 30.9 Å². The molecule has 1 saturated carbocycles. The summed E-state index contributed by atoms with van der Waals surface area (Å²) in [5.74, 6) is -0.744. The highest BCUT2D eigenvalue weighted by molar-refractivity contribution is 5.98. The van der Waals surface area contributed by atoms with Gasteiger partial charge in [0.1, 0.15) is 17.5 Å². The van der Waals surface area contributed by atoms with E-state index in [0.29, 0.717) is 31.0 Å². The zero-order chi connectivity index (χ0) is 23.4. The van der Waals surface area contributed by atoms with Crippen molar-refractivity contribution >= 4 is 23.5 Å². The molecule has 1 aliphatic heterocycles. The van der Waals surface area contributed by atoms with E-state index in [-0.39, 0.29) is 35.5 Å². The maximum Gasteiger partial charge on any atom is 0.410 e. The molecule has 2 aliphatic rings. The number of hydrogen-bond donors (Lipinski definition) is 2. The predicted octanol–water partition coefficient (Wildman–Crippen LogP) is 4.38. The van der Waals surface area contributed by atoms with Crippen LogP contribution in [0.25, 0.3) is 0 Å². The van der Waals surface area contributed by atoms with Gasteiger partial charge in [-0.3, -0.25) is 9.48 Å². The molecule has 1 aromatic carbocycles. The second kappa shape index (κ2) is 10.1. The van der Waals surface area contributed by atoms with Gasteiger partial charge >= 0.3 is 6.09 Å². The molecule has 2 aromatic rings. The molecule has 0 bridgehead atoms. The smallest absolute Gasteiger partial charge is 0.410 e. The second-order valence-corrected chi connectivity index (χ2v) is 8.71.